The van der Waals surface area contributed by atoms with Crippen molar-refractivity contribution in [2.45, 2.75) is 25.8 Å². The van der Waals surface area contributed by atoms with Crippen molar-refractivity contribution in [2.75, 3.05) is 20.3 Å². The minimum Gasteiger partial charge on any atom is -0.381 e. The highest BCUT2D eigenvalue weighted by atomic mass is 79.9. The van der Waals surface area contributed by atoms with Gasteiger partial charge < -0.3 is 10.1 Å². The van der Waals surface area contributed by atoms with E-state index in [1.165, 1.54) is 27.1 Å². The maximum Gasteiger partial charge on any atom is 0.0704 e. The van der Waals surface area contributed by atoms with Gasteiger partial charge in [0.05, 0.1) is 3.79 Å². The van der Waals surface area contributed by atoms with Crippen LogP contribution in [0.2, 0.25) is 0 Å². The predicted molar refractivity (Wildman–Crippen MR) is 72.1 cm³/mol. The van der Waals surface area contributed by atoms with Gasteiger partial charge in [-0.15, -0.1) is 11.3 Å². The molecule has 2 rings (SSSR count). The first-order valence-electron chi connectivity index (χ1n) is 5.73. The van der Waals surface area contributed by atoms with Gasteiger partial charge in [-0.25, -0.2) is 0 Å². The summed E-state index contributed by atoms with van der Waals surface area (Å²) in [6.07, 6.45) is 2.33. The maximum absolute atomic E-state index is 5.43. The van der Waals surface area contributed by atoms with Gasteiger partial charge in [0.2, 0.25) is 0 Å². The molecule has 1 N–H and O–H groups in total. The second kappa shape index (κ2) is 5.63. The molecule has 1 aromatic heterocycles. The molecule has 1 aliphatic rings. The topological polar surface area (TPSA) is 21.3 Å². The Bertz CT molecular complexity index is 347. The Hall–Kier alpha value is 0.1000. The Balaban J connectivity index is 2.17. The fourth-order valence-corrected chi connectivity index (χ4v) is 4.22. The molecule has 1 aliphatic heterocycles. The summed E-state index contributed by atoms with van der Waals surface area (Å²) in [6.45, 7) is 4.02. The zero-order valence-corrected chi connectivity index (χ0v) is 12.2. The minimum absolute atomic E-state index is 0.478. The van der Waals surface area contributed by atoms with E-state index in [2.05, 4.69) is 41.3 Å². The van der Waals surface area contributed by atoms with Crippen LogP contribution in [0.15, 0.2) is 9.85 Å². The van der Waals surface area contributed by atoms with Gasteiger partial charge in [0, 0.05) is 24.1 Å². The first-order chi connectivity index (χ1) is 7.72. The largest absolute Gasteiger partial charge is 0.381 e. The summed E-state index contributed by atoms with van der Waals surface area (Å²) in [5.74, 6) is 0.707. The van der Waals surface area contributed by atoms with Crippen LogP contribution in [0.4, 0.5) is 0 Å². The van der Waals surface area contributed by atoms with E-state index in [1.54, 1.807) is 0 Å². The number of hydrogen-bond donors (Lipinski definition) is 1. The fourth-order valence-electron chi connectivity index (χ4n) is 2.46. The van der Waals surface area contributed by atoms with Gasteiger partial charge in [-0.2, -0.15) is 0 Å². The molecule has 1 saturated heterocycles. The highest BCUT2D eigenvalue weighted by Crippen LogP contribution is 2.36. The van der Waals surface area contributed by atoms with Crippen molar-refractivity contribution in [3.63, 3.8) is 0 Å². The minimum atomic E-state index is 0.478. The Kier molecular flexibility index (Phi) is 4.41. The summed E-state index contributed by atoms with van der Waals surface area (Å²) in [7, 11) is 2.06. The zero-order valence-electron chi connectivity index (χ0n) is 9.75. The van der Waals surface area contributed by atoms with Gasteiger partial charge >= 0.3 is 0 Å². The molecule has 0 amide bonds. The van der Waals surface area contributed by atoms with E-state index in [4.69, 9.17) is 4.74 Å². The third-order valence-corrected chi connectivity index (χ3v) is 4.88. The molecular formula is C12H18BrNOS. The van der Waals surface area contributed by atoms with Gasteiger partial charge in [-0.3, -0.25) is 0 Å². The normalized spacial score (nSPS) is 19.9. The Morgan fingerprint density at radius 1 is 1.50 bits per heavy atom. The average Bonchev–Trinajstić information content (AvgIpc) is 2.61. The van der Waals surface area contributed by atoms with Crippen molar-refractivity contribution in [3.8, 4) is 0 Å². The highest BCUT2D eigenvalue weighted by Gasteiger charge is 2.26. The van der Waals surface area contributed by atoms with Crippen molar-refractivity contribution in [1.82, 2.24) is 5.32 Å². The van der Waals surface area contributed by atoms with Crippen LogP contribution in [0.3, 0.4) is 0 Å². The predicted octanol–water partition coefficient (Wildman–Crippen LogP) is 3.51. The van der Waals surface area contributed by atoms with E-state index in [0.717, 1.165) is 13.2 Å². The molecule has 1 unspecified atom stereocenters. The van der Waals surface area contributed by atoms with E-state index in [1.807, 2.05) is 11.3 Å². The molecule has 4 heteroatoms. The van der Waals surface area contributed by atoms with Gasteiger partial charge in [0.15, 0.2) is 0 Å². The molecule has 2 nitrogen and oxygen atoms in total. The number of halogens is 1. The van der Waals surface area contributed by atoms with Crippen LogP contribution in [-0.2, 0) is 4.74 Å². The maximum atomic E-state index is 5.43. The standard InChI is InChI=1S/C12H18BrNOS/c1-8-10(7-11(13)16-8)12(14-2)9-3-5-15-6-4-9/h7,9,12,14H,3-6H2,1-2H3. The summed E-state index contributed by atoms with van der Waals surface area (Å²) >= 11 is 5.39. The molecule has 1 fully saturated rings. The van der Waals surface area contributed by atoms with E-state index in [0.29, 0.717) is 12.0 Å². The lowest BCUT2D eigenvalue weighted by Gasteiger charge is -2.30. The molecule has 0 bridgehead atoms. The second-order valence-electron chi connectivity index (χ2n) is 4.28. The first-order valence-corrected chi connectivity index (χ1v) is 7.34. The Labute approximate surface area is 110 Å². The molecule has 0 radical (unpaired) electrons. The molecule has 2 heterocycles. The Morgan fingerprint density at radius 2 is 2.19 bits per heavy atom. The lowest BCUT2D eigenvalue weighted by molar-refractivity contribution is 0.0546. The number of thiophene rings is 1. The van der Waals surface area contributed by atoms with Crippen LogP contribution in [0, 0.1) is 12.8 Å². The lowest BCUT2D eigenvalue weighted by atomic mass is 9.87. The summed E-state index contributed by atoms with van der Waals surface area (Å²) in [5.41, 5.74) is 1.45. The summed E-state index contributed by atoms with van der Waals surface area (Å²) < 4.78 is 6.66. The van der Waals surface area contributed by atoms with Gasteiger partial charge in [-0.1, -0.05) is 0 Å². The highest BCUT2D eigenvalue weighted by molar-refractivity contribution is 9.11. The molecule has 1 aromatic rings. The third-order valence-electron chi connectivity index (χ3n) is 3.31. The van der Waals surface area contributed by atoms with Crippen molar-refractivity contribution in [2.24, 2.45) is 5.92 Å². The molecule has 0 aromatic carbocycles. The van der Waals surface area contributed by atoms with Crippen LogP contribution < -0.4 is 5.32 Å². The number of nitrogens with one attached hydrogen (secondary N) is 1. The SMILES string of the molecule is CNC(c1cc(Br)sc1C)C1CCOCC1. The number of hydrogen-bond acceptors (Lipinski definition) is 3. The summed E-state index contributed by atoms with van der Waals surface area (Å²) in [6, 6.07) is 2.74. The van der Waals surface area contributed by atoms with Gasteiger partial charge in [0.1, 0.15) is 0 Å². The van der Waals surface area contributed by atoms with E-state index < -0.39 is 0 Å². The third kappa shape index (κ3) is 2.67. The van der Waals surface area contributed by atoms with Crippen molar-refractivity contribution in [3.05, 3.63) is 20.3 Å². The van der Waals surface area contributed by atoms with Crippen LogP contribution in [-0.4, -0.2) is 20.3 Å². The van der Waals surface area contributed by atoms with Crippen molar-refractivity contribution >= 4 is 27.3 Å². The lowest BCUT2D eigenvalue weighted by Crippen LogP contribution is -2.30. The summed E-state index contributed by atoms with van der Waals surface area (Å²) in [4.78, 5) is 1.41. The molecule has 0 aliphatic carbocycles. The van der Waals surface area contributed by atoms with Crippen LogP contribution in [0.5, 0.6) is 0 Å². The van der Waals surface area contributed by atoms with Crippen LogP contribution in [0.25, 0.3) is 0 Å². The number of rotatable bonds is 3. The number of aryl methyl sites for hydroxylation is 1. The molecule has 90 valence electrons. The van der Waals surface area contributed by atoms with Crippen LogP contribution >= 0.6 is 27.3 Å². The smallest absolute Gasteiger partial charge is 0.0704 e. The van der Waals surface area contributed by atoms with Crippen LogP contribution in [0.1, 0.15) is 29.3 Å². The quantitative estimate of drug-likeness (QED) is 0.923. The van der Waals surface area contributed by atoms with Crippen molar-refractivity contribution in [1.29, 1.82) is 0 Å². The summed E-state index contributed by atoms with van der Waals surface area (Å²) in [5, 5.41) is 3.47. The zero-order chi connectivity index (χ0) is 11.5. The van der Waals surface area contributed by atoms with E-state index in [-0.39, 0.29) is 0 Å². The van der Waals surface area contributed by atoms with E-state index in [9.17, 15) is 0 Å². The molecule has 0 spiro atoms. The molecule has 16 heavy (non-hydrogen) atoms. The average molecular weight is 304 g/mol. The first kappa shape index (κ1) is 12.6. The molecule has 1 atom stereocenters. The Morgan fingerprint density at radius 3 is 2.69 bits per heavy atom. The second-order valence-corrected chi connectivity index (χ2v) is 6.91. The van der Waals surface area contributed by atoms with E-state index >= 15 is 0 Å². The number of ether oxygens (including phenoxy) is 1. The van der Waals surface area contributed by atoms with Crippen molar-refractivity contribution < 1.29 is 4.74 Å². The van der Waals surface area contributed by atoms with Gasteiger partial charge in [-0.05, 0) is 60.3 Å². The van der Waals surface area contributed by atoms with Gasteiger partial charge in [0.25, 0.3) is 0 Å². The monoisotopic (exact) mass is 303 g/mol. The molecular weight excluding hydrogens is 286 g/mol. The molecule has 0 saturated carbocycles. The fraction of sp³-hybridized carbons (Fsp3) is 0.667.